The highest BCUT2D eigenvalue weighted by Crippen LogP contribution is 2.35. The second-order valence-electron chi connectivity index (χ2n) is 12.8. The van der Waals surface area contributed by atoms with Crippen LogP contribution in [0.4, 0.5) is 0 Å². The van der Waals surface area contributed by atoms with Gasteiger partial charge in [0.15, 0.2) is 11.5 Å². The normalized spacial score (nSPS) is 10.6. The number of ether oxygens (including phenoxy) is 7. The molecule has 0 aliphatic rings. The van der Waals surface area contributed by atoms with Crippen LogP contribution in [0.5, 0.6) is 40.2 Å². The average Bonchev–Trinajstić information content (AvgIpc) is 3.28. The minimum atomic E-state index is -0.788. The summed E-state index contributed by atoms with van der Waals surface area (Å²) >= 11 is 0. The van der Waals surface area contributed by atoms with Gasteiger partial charge in [0.05, 0.1) is 57.8 Å². The number of hydrogen-bond acceptors (Lipinski definition) is 14. The summed E-state index contributed by atoms with van der Waals surface area (Å²) in [6.45, 7) is -1.28. The van der Waals surface area contributed by atoms with Gasteiger partial charge in [-0.1, -0.05) is 24.3 Å². The first-order chi connectivity index (χ1) is 29.1. The van der Waals surface area contributed by atoms with Gasteiger partial charge in [0.2, 0.25) is 0 Å². The molecule has 60 heavy (non-hydrogen) atoms. The molecule has 14 heteroatoms. The van der Waals surface area contributed by atoms with Crippen molar-refractivity contribution >= 4 is 23.9 Å². The first kappa shape index (κ1) is 42.1. The first-order valence-electron chi connectivity index (χ1n) is 18.1. The van der Waals surface area contributed by atoms with Crippen LogP contribution >= 0.6 is 0 Å². The number of esters is 4. The van der Waals surface area contributed by atoms with Gasteiger partial charge in [0, 0.05) is 12.1 Å². The monoisotopic (exact) mass is 814 g/mol. The molecule has 3 N–H and O–H groups in total. The summed E-state index contributed by atoms with van der Waals surface area (Å²) in [5, 5.41) is 28.8. The maximum atomic E-state index is 12.9. The molecule has 0 radical (unpaired) electrons. The van der Waals surface area contributed by atoms with Crippen LogP contribution < -0.4 is 33.2 Å². The summed E-state index contributed by atoms with van der Waals surface area (Å²) in [5.41, 5.74) is 3.11. The molecule has 0 heterocycles. The number of rotatable bonds is 15. The van der Waals surface area contributed by atoms with Crippen LogP contribution in [0.1, 0.15) is 58.1 Å². The molecule has 6 aromatic rings. The fourth-order valence-corrected chi connectivity index (χ4v) is 5.95. The Labute approximate surface area is 343 Å². The molecule has 0 fully saturated rings. The lowest BCUT2D eigenvalue weighted by Gasteiger charge is -2.13. The molecule has 0 saturated heterocycles. The number of carbonyl (C=O) groups excluding carboxylic acids is 4. The van der Waals surface area contributed by atoms with E-state index in [1.165, 1.54) is 94.1 Å². The fraction of sp³-hybridized carbons (Fsp3) is 0.130. The number of benzene rings is 6. The SMILES string of the molecule is COc1cc(OC)c(C(=O)Oc2ccc(C(=O)Oc3ccc(-c4ccc(OC(=O)c5ccc(OC(=O)c6cc(CO)c(CO)cc6CO)cc5)cc4)cc3)cc2)cc1OC. The highest BCUT2D eigenvalue weighted by atomic mass is 16.6. The molecule has 0 amide bonds. The van der Waals surface area contributed by atoms with Gasteiger partial charge in [0.1, 0.15) is 34.3 Å². The summed E-state index contributed by atoms with van der Waals surface area (Å²) in [5.74, 6) is -0.916. The van der Waals surface area contributed by atoms with Crippen molar-refractivity contribution in [3.05, 3.63) is 160 Å². The quantitative estimate of drug-likeness (QED) is 0.0729. The van der Waals surface area contributed by atoms with Crippen molar-refractivity contribution in [2.45, 2.75) is 19.8 Å². The molecule has 306 valence electrons. The third-order valence-electron chi connectivity index (χ3n) is 9.15. The maximum Gasteiger partial charge on any atom is 0.347 e. The molecule has 0 saturated carbocycles. The molecule has 0 aliphatic heterocycles. The van der Waals surface area contributed by atoms with E-state index in [0.29, 0.717) is 28.4 Å². The van der Waals surface area contributed by atoms with Crippen LogP contribution in [-0.4, -0.2) is 60.5 Å². The summed E-state index contributed by atoms with van der Waals surface area (Å²) < 4.78 is 37.8. The summed E-state index contributed by atoms with van der Waals surface area (Å²) in [6, 6.07) is 30.9. The highest BCUT2D eigenvalue weighted by molar-refractivity contribution is 5.96. The lowest BCUT2D eigenvalue weighted by Crippen LogP contribution is -2.14. The maximum absolute atomic E-state index is 12.9. The van der Waals surface area contributed by atoms with Crippen LogP contribution in [0.3, 0.4) is 0 Å². The molecule has 14 nitrogen and oxygen atoms in total. The Balaban J connectivity index is 1.01. The molecule has 6 aromatic carbocycles. The molecule has 0 spiro atoms. The second-order valence-corrected chi connectivity index (χ2v) is 12.8. The van der Waals surface area contributed by atoms with Gasteiger partial charge in [-0.2, -0.15) is 0 Å². The lowest BCUT2D eigenvalue weighted by molar-refractivity contribution is 0.0717. The zero-order valence-electron chi connectivity index (χ0n) is 32.5. The van der Waals surface area contributed by atoms with Crippen LogP contribution in [0.25, 0.3) is 11.1 Å². The number of aliphatic hydroxyl groups is 3. The zero-order valence-corrected chi connectivity index (χ0v) is 32.5. The molecule has 0 bridgehead atoms. The average molecular weight is 815 g/mol. The Morgan fingerprint density at radius 1 is 0.383 bits per heavy atom. The topological polar surface area (TPSA) is 194 Å². The van der Waals surface area contributed by atoms with Crippen LogP contribution in [0.15, 0.2) is 121 Å². The minimum Gasteiger partial charge on any atom is -0.496 e. The van der Waals surface area contributed by atoms with Crippen molar-refractivity contribution in [2.24, 2.45) is 0 Å². The fourth-order valence-electron chi connectivity index (χ4n) is 5.95. The third kappa shape index (κ3) is 9.77. The second kappa shape index (κ2) is 19.3. The van der Waals surface area contributed by atoms with E-state index in [9.17, 15) is 34.5 Å². The van der Waals surface area contributed by atoms with E-state index in [2.05, 4.69) is 0 Å². The molecular weight excluding hydrogens is 776 g/mol. The lowest BCUT2D eigenvalue weighted by atomic mass is 9.99. The molecule has 6 rings (SSSR count). The van der Waals surface area contributed by atoms with E-state index >= 15 is 0 Å². The highest BCUT2D eigenvalue weighted by Gasteiger charge is 2.21. The Morgan fingerprint density at radius 3 is 1.13 bits per heavy atom. The standard InChI is InChI=1S/C46H38O14/c1-54-40-23-42(56-3)41(55-2)22-39(40)46(53)60-37-18-10-30(11-19-37)44(51)58-35-14-6-28(7-15-35)27-4-12-34(13-5-27)57-43(50)29-8-16-36(17-9-29)59-45(52)38-21-32(25-48)31(24-47)20-33(38)26-49/h4-23,47-49H,24-26H2,1-3H3. The Bertz CT molecular complexity index is 2320. The van der Waals surface area contributed by atoms with Crippen LogP contribution in [0.2, 0.25) is 0 Å². The summed E-state index contributed by atoms with van der Waals surface area (Å²) in [6.07, 6.45) is 0. The van der Waals surface area contributed by atoms with E-state index in [1.807, 2.05) is 0 Å². The third-order valence-corrected chi connectivity index (χ3v) is 9.15. The first-order valence-corrected chi connectivity index (χ1v) is 18.1. The van der Waals surface area contributed by atoms with E-state index in [1.54, 1.807) is 48.5 Å². The Hall–Kier alpha value is -7.52. The molecule has 0 atom stereocenters. The zero-order chi connectivity index (χ0) is 42.8. The van der Waals surface area contributed by atoms with Gasteiger partial charge in [-0.3, -0.25) is 0 Å². The Kier molecular flexibility index (Phi) is 13.5. The van der Waals surface area contributed by atoms with Gasteiger partial charge in [-0.25, -0.2) is 19.2 Å². The molecule has 0 aliphatic carbocycles. The predicted octanol–water partition coefficient (Wildman–Crippen LogP) is 6.73. The number of aliphatic hydroxyl groups excluding tert-OH is 3. The number of methoxy groups -OCH3 is 3. The van der Waals surface area contributed by atoms with E-state index in [0.717, 1.165) is 11.1 Å². The van der Waals surface area contributed by atoms with Gasteiger partial charge < -0.3 is 48.5 Å². The van der Waals surface area contributed by atoms with Gasteiger partial charge in [0.25, 0.3) is 0 Å². The molecular formula is C46H38O14. The van der Waals surface area contributed by atoms with Gasteiger partial charge >= 0.3 is 23.9 Å². The van der Waals surface area contributed by atoms with E-state index in [4.69, 9.17) is 33.2 Å². The predicted molar refractivity (Wildman–Crippen MR) is 215 cm³/mol. The van der Waals surface area contributed by atoms with E-state index < -0.39 is 37.1 Å². The number of carbonyl (C=O) groups is 4. The summed E-state index contributed by atoms with van der Waals surface area (Å²) in [7, 11) is 4.32. The largest absolute Gasteiger partial charge is 0.496 e. The van der Waals surface area contributed by atoms with Crippen molar-refractivity contribution in [1.29, 1.82) is 0 Å². The van der Waals surface area contributed by atoms with Crippen molar-refractivity contribution in [3.63, 3.8) is 0 Å². The van der Waals surface area contributed by atoms with Crippen molar-refractivity contribution < 1.29 is 67.7 Å². The van der Waals surface area contributed by atoms with Crippen LogP contribution in [-0.2, 0) is 19.8 Å². The Morgan fingerprint density at radius 2 is 0.733 bits per heavy atom. The van der Waals surface area contributed by atoms with Gasteiger partial charge in [-0.15, -0.1) is 0 Å². The molecule has 0 unspecified atom stereocenters. The van der Waals surface area contributed by atoms with Crippen molar-refractivity contribution in [1.82, 2.24) is 0 Å². The van der Waals surface area contributed by atoms with E-state index in [-0.39, 0.29) is 57.4 Å². The minimum absolute atomic E-state index is 0.0302. The smallest absolute Gasteiger partial charge is 0.347 e. The van der Waals surface area contributed by atoms with Gasteiger partial charge in [-0.05, 0) is 113 Å². The summed E-state index contributed by atoms with van der Waals surface area (Å²) in [4.78, 5) is 51.5. The van der Waals surface area contributed by atoms with Crippen LogP contribution in [0, 0.1) is 0 Å². The van der Waals surface area contributed by atoms with Crippen molar-refractivity contribution in [3.8, 4) is 51.4 Å². The van der Waals surface area contributed by atoms with Crippen molar-refractivity contribution in [2.75, 3.05) is 21.3 Å². The number of hydrogen-bond donors (Lipinski definition) is 3. The molecule has 0 aromatic heterocycles.